The first-order chi connectivity index (χ1) is 12.0. The van der Waals surface area contributed by atoms with Gasteiger partial charge in [0.1, 0.15) is 5.58 Å². The Morgan fingerprint density at radius 3 is 2.72 bits per heavy atom. The molecule has 0 spiro atoms. The lowest BCUT2D eigenvalue weighted by molar-refractivity contribution is -0.385. The van der Waals surface area contributed by atoms with E-state index in [2.05, 4.69) is 5.32 Å². The van der Waals surface area contributed by atoms with Crippen LogP contribution in [0.1, 0.15) is 21.7 Å². The third-order valence-corrected chi connectivity index (χ3v) is 3.94. The van der Waals surface area contributed by atoms with Crippen LogP contribution in [-0.2, 0) is 11.3 Å². The van der Waals surface area contributed by atoms with Crippen molar-refractivity contribution in [2.45, 2.75) is 13.5 Å². The first-order valence-corrected chi connectivity index (χ1v) is 7.57. The van der Waals surface area contributed by atoms with Crippen LogP contribution in [0.15, 0.2) is 46.9 Å². The average molecular weight is 340 g/mol. The van der Waals surface area contributed by atoms with Crippen LogP contribution in [0.4, 0.5) is 11.4 Å². The lowest BCUT2D eigenvalue weighted by Gasteiger charge is -2.08. The van der Waals surface area contributed by atoms with Crippen LogP contribution in [-0.4, -0.2) is 17.9 Å². The van der Waals surface area contributed by atoms with E-state index in [9.17, 15) is 14.9 Å². The van der Waals surface area contributed by atoms with Gasteiger partial charge in [-0.2, -0.15) is 0 Å². The molecular weight excluding hydrogens is 324 g/mol. The summed E-state index contributed by atoms with van der Waals surface area (Å²) >= 11 is 0. The Balaban J connectivity index is 2.00. The smallest absolute Gasteiger partial charge is 0.291 e. The minimum absolute atomic E-state index is 0.0560. The Labute approximate surface area is 143 Å². The zero-order valence-corrected chi connectivity index (χ0v) is 13.7. The average Bonchev–Trinajstić information content (AvgIpc) is 2.96. The van der Waals surface area contributed by atoms with E-state index >= 15 is 0 Å². The third-order valence-electron chi connectivity index (χ3n) is 3.94. The number of hydrogen-bond donors (Lipinski definition) is 1. The summed E-state index contributed by atoms with van der Waals surface area (Å²) < 4.78 is 10.9. The van der Waals surface area contributed by atoms with Gasteiger partial charge in [0.15, 0.2) is 5.76 Å². The fourth-order valence-corrected chi connectivity index (χ4v) is 2.71. The molecule has 25 heavy (non-hydrogen) atoms. The summed E-state index contributed by atoms with van der Waals surface area (Å²) in [6.07, 6.45) is 0. The Morgan fingerprint density at radius 2 is 2.00 bits per heavy atom. The van der Waals surface area contributed by atoms with Crippen LogP contribution in [0.5, 0.6) is 0 Å². The number of nitro benzene ring substituents is 1. The summed E-state index contributed by atoms with van der Waals surface area (Å²) in [5.41, 5.74) is 1.90. The molecule has 7 nitrogen and oxygen atoms in total. The van der Waals surface area contributed by atoms with Crippen molar-refractivity contribution in [1.29, 1.82) is 0 Å². The highest BCUT2D eigenvalue weighted by molar-refractivity contribution is 6.07. The van der Waals surface area contributed by atoms with Crippen molar-refractivity contribution < 1.29 is 18.9 Å². The number of fused-ring (bicyclic) bond motifs is 1. The number of benzene rings is 2. The molecule has 3 aromatic rings. The number of nitro groups is 1. The molecule has 7 heteroatoms. The molecule has 0 aliphatic carbocycles. The number of amides is 1. The fraction of sp³-hybridized carbons (Fsp3) is 0.167. The van der Waals surface area contributed by atoms with Gasteiger partial charge in [-0.05, 0) is 19.1 Å². The second-order valence-corrected chi connectivity index (χ2v) is 5.50. The molecular formula is C18H16N2O5. The quantitative estimate of drug-likeness (QED) is 0.558. The van der Waals surface area contributed by atoms with Crippen LogP contribution < -0.4 is 5.32 Å². The standard InChI is InChI=1S/C18H16N2O5/c1-11-14(7-5-8-15(11)20(22)23)19-18(21)17-13(10-24-2)12-6-3-4-9-16(12)25-17/h3-9H,10H2,1-2H3,(H,19,21). The van der Waals surface area contributed by atoms with Crippen LogP contribution in [0.2, 0.25) is 0 Å². The Kier molecular flexibility index (Phi) is 4.49. The Bertz CT molecular complexity index is 961. The molecule has 1 aromatic heterocycles. The third kappa shape index (κ3) is 3.09. The van der Waals surface area contributed by atoms with Crippen LogP contribution in [0.3, 0.4) is 0 Å². The maximum absolute atomic E-state index is 12.7. The first-order valence-electron chi connectivity index (χ1n) is 7.57. The molecule has 1 amide bonds. The molecule has 0 atom stereocenters. The second kappa shape index (κ2) is 6.74. The van der Waals surface area contributed by atoms with Gasteiger partial charge in [0, 0.05) is 24.1 Å². The molecule has 0 aliphatic rings. The molecule has 1 N–H and O–H groups in total. The van der Waals surface area contributed by atoms with E-state index in [-0.39, 0.29) is 18.1 Å². The van der Waals surface area contributed by atoms with Crippen molar-refractivity contribution in [3.63, 3.8) is 0 Å². The number of hydrogen-bond acceptors (Lipinski definition) is 5. The molecule has 0 unspecified atom stereocenters. The summed E-state index contributed by atoms with van der Waals surface area (Å²) in [6.45, 7) is 1.80. The number of ether oxygens (including phenoxy) is 1. The number of para-hydroxylation sites is 1. The van der Waals surface area contributed by atoms with E-state index in [1.807, 2.05) is 18.2 Å². The number of nitrogens with zero attached hydrogens (tertiary/aromatic N) is 1. The van der Waals surface area contributed by atoms with Crippen LogP contribution >= 0.6 is 0 Å². The van der Waals surface area contributed by atoms with E-state index in [0.717, 1.165) is 5.39 Å². The highest BCUT2D eigenvalue weighted by atomic mass is 16.6. The van der Waals surface area contributed by atoms with Crippen molar-refractivity contribution in [2.24, 2.45) is 0 Å². The minimum atomic E-state index is -0.484. The van der Waals surface area contributed by atoms with Gasteiger partial charge in [0.25, 0.3) is 11.6 Å². The second-order valence-electron chi connectivity index (χ2n) is 5.50. The summed E-state index contributed by atoms with van der Waals surface area (Å²) in [5.74, 6) is -0.346. The summed E-state index contributed by atoms with van der Waals surface area (Å²) in [4.78, 5) is 23.2. The van der Waals surface area contributed by atoms with Crippen molar-refractivity contribution in [2.75, 3.05) is 12.4 Å². The minimum Gasteiger partial charge on any atom is -0.451 e. The number of anilines is 1. The van der Waals surface area contributed by atoms with E-state index in [0.29, 0.717) is 22.4 Å². The monoisotopic (exact) mass is 340 g/mol. The van der Waals surface area contributed by atoms with Crippen molar-refractivity contribution >= 4 is 28.3 Å². The normalized spacial score (nSPS) is 10.8. The van der Waals surface area contributed by atoms with E-state index in [1.54, 1.807) is 19.1 Å². The first kappa shape index (κ1) is 16.7. The molecule has 0 aliphatic heterocycles. The summed E-state index contributed by atoms with van der Waals surface area (Å²) in [7, 11) is 1.54. The fourth-order valence-electron chi connectivity index (χ4n) is 2.71. The molecule has 0 saturated heterocycles. The SMILES string of the molecule is COCc1c(C(=O)Nc2cccc([N+](=O)[O-])c2C)oc2ccccc12. The molecule has 0 saturated carbocycles. The van der Waals surface area contributed by atoms with Gasteiger partial charge in [0.05, 0.1) is 22.8 Å². The van der Waals surface area contributed by atoms with Crippen LogP contribution in [0, 0.1) is 17.0 Å². The van der Waals surface area contributed by atoms with Crippen molar-refractivity contribution in [3.05, 3.63) is 69.5 Å². The van der Waals surface area contributed by atoms with Crippen LogP contribution in [0.25, 0.3) is 11.0 Å². The molecule has 1 heterocycles. The van der Waals surface area contributed by atoms with E-state index in [1.165, 1.54) is 19.2 Å². The maximum Gasteiger partial charge on any atom is 0.291 e. The summed E-state index contributed by atoms with van der Waals surface area (Å²) in [5, 5.41) is 14.5. The van der Waals surface area contributed by atoms with E-state index < -0.39 is 10.8 Å². The van der Waals surface area contributed by atoms with Gasteiger partial charge in [-0.15, -0.1) is 0 Å². The molecule has 2 aromatic carbocycles. The number of rotatable bonds is 5. The van der Waals surface area contributed by atoms with Crippen molar-refractivity contribution in [3.8, 4) is 0 Å². The maximum atomic E-state index is 12.7. The Morgan fingerprint density at radius 1 is 1.24 bits per heavy atom. The van der Waals surface area contributed by atoms with Gasteiger partial charge in [-0.25, -0.2) is 0 Å². The number of carbonyl (C=O) groups excluding carboxylic acids is 1. The largest absolute Gasteiger partial charge is 0.451 e. The number of carbonyl (C=O) groups is 1. The topological polar surface area (TPSA) is 94.6 Å². The molecule has 0 bridgehead atoms. The highest BCUT2D eigenvalue weighted by Crippen LogP contribution is 2.29. The summed E-state index contributed by atoms with van der Waals surface area (Å²) in [6, 6.07) is 11.8. The highest BCUT2D eigenvalue weighted by Gasteiger charge is 2.22. The lowest BCUT2D eigenvalue weighted by Crippen LogP contribution is -2.14. The lowest BCUT2D eigenvalue weighted by atomic mass is 10.1. The molecule has 3 rings (SSSR count). The van der Waals surface area contributed by atoms with Gasteiger partial charge in [-0.1, -0.05) is 24.3 Å². The molecule has 0 radical (unpaired) electrons. The predicted molar refractivity (Wildman–Crippen MR) is 92.7 cm³/mol. The number of furan rings is 1. The van der Waals surface area contributed by atoms with Gasteiger partial charge in [0.2, 0.25) is 0 Å². The molecule has 0 fully saturated rings. The predicted octanol–water partition coefficient (Wildman–Crippen LogP) is 4.05. The Hall–Kier alpha value is -3.19. The number of nitrogens with one attached hydrogen (secondary N) is 1. The van der Waals surface area contributed by atoms with E-state index in [4.69, 9.17) is 9.15 Å². The van der Waals surface area contributed by atoms with Gasteiger partial charge in [-0.3, -0.25) is 14.9 Å². The van der Waals surface area contributed by atoms with Gasteiger partial charge >= 0.3 is 0 Å². The van der Waals surface area contributed by atoms with Crippen molar-refractivity contribution in [1.82, 2.24) is 0 Å². The number of methoxy groups -OCH3 is 1. The zero-order valence-electron chi connectivity index (χ0n) is 13.7. The zero-order chi connectivity index (χ0) is 18.0. The molecule has 128 valence electrons. The van der Waals surface area contributed by atoms with Gasteiger partial charge < -0.3 is 14.5 Å².